The maximum atomic E-state index is 4.48. The molecule has 4 heteroatoms. The van der Waals surface area contributed by atoms with E-state index in [1.165, 1.54) is 25.7 Å². The zero-order valence-electron chi connectivity index (χ0n) is 11.7. The first kappa shape index (κ1) is 13.1. The third-order valence-corrected chi connectivity index (χ3v) is 3.66. The molecule has 2 rings (SSSR count). The number of nitrogens with zero attached hydrogens (tertiary/aromatic N) is 3. The lowest BCUT2D eigenvalue weighted by Gasteiger charge is -2.27. The Labute approximate surface area is 110 Å². The number of anilines is 2. The molecule has 1 aromatic heterocycles. The molecule has 2 atom stereocenters. The number of aromatic nitrogens is 2. The van der Waals surface area contributed by atoms with E-state index >= 15 is 0 Å². The highest BCUT2D eigenvalue weighted by Gasteiger charge is 2.18. The van der Waals surface area contributed by atoms with Gasteiger partial charge >= 0.3 is 0 Å². The van der Waals surface area contributed by atoms with Crippen molar-refractivity contribution in [3.63, 3.8) is 0 Å². The molecule has 2 unspecified atom stereocenters. The average Bonchev–Trinajstić information content (AvgIpc) is 2.37. The molecule has 1 saturated carbocycles. The van der Waals surface area contributed by atoms with Crippen LogP contribution in [0.1, 0.15) is 32.6 Å². The molecular formula is C14H24N4. The molecular weight excluding hydrogens is 224 g/mol. The normalized spacial score (nSPS) is 23.7. The van der Waals surface area contributed by atoms with Crippen LogP contribution in [0, 0.1) is 11.8 Å². The molecule has 1 aliphatic carbocycles. The van der Waals surface area contributed by atoms with Crippen molar-refractivity contribution in [3.8, 4) is 0 Å². The zero-order chi connectivity index (χ0) is 13.0. The van der Waals surface area contributed by atoms with Crippen LogP contribution in [-0.4, -0.2) is 30.6 Å². The van der Waals surface area contributed by atoms with Crippen molar-refractivity contribution >= 4 is 11.8 Å². The maximum absolute atomic E-state index is 4.48. The van der Waals surface area contributed by atoms with Gasteiger partial charge in [-0.3, -0.25) is 0 Å². The summed E-state index contributed by atoms with van der Waals surface area (Å²) in [6.07, 6.45) is 7.28. The van der Waals surface area contributed by atoms with Crippen LogP contribution in [0.15, 0.2) is 12.3 Å². The summed E-state index contributed by atoms with van der Waals surface area (Å²) in [6.45, 7) is 3.40. The van der Waals surface area contributed by atoms with Gasteiger partial charge in [-0.2, -0.15) is 4.98 Å². The van der Waals surface area contributed by atoms with Crippen molar-refractivity contribution in [3.05, 3.63) is 12.3 Å². The van der Waals surface area contributed by atoms with E-state index in [4.69, 9.17) is 0 Å². The molecule has 0 spiro atoms. The van der Waals surface area contributed by atoms with Gasteiger partial charge in [-0.25, -0.2) is 4.98 Å². The molecule has 0 radical (unpaired) electrons. The maximum Gasteiger partial charge on any atom is 0.226 e. The number of nitrogens with one attached hydrogen (secondary N) is 1. The molecule has 100 valence electrons. The third-order valence-electron chi connectivity index (χ3n) is 3.66. The van der Waals surface area contributed by atoms with Crippen LogP contribution >= 0.6 is 0 Å². The Morgan fingerprint density at radius 1 is 1.39 bits per heavy atom. The molecule has 18 heavy (non-hydrogen) atoms. The molecule has 4 nitrogen and oxygen atoms in total. The summed E-state index contributed by atoms with van der Waals surface area (Å²) in [5, 5.41) is 3.45. The SMILES string of the molecule is CC1CCCC(CNc2ccnc(N(C)C)n2)C1. The van der Waals surface area contributed by atoms with Crippen molar-refractivity contribution in [2.45, 2.75) is 32.6 Å². The smallest absolute Gasteiger partial charge is 0.226 e. The Morgan fingerprint density at radius 3 is 2.94 bits per heavy atom. The van der Waals surface area contributed by atoms with Crippen LogP contribution in [0.3, 0.4) is 0 Å². The highest BCUT2D eigenvalue weighted by Crippen LogP contribution is 2.28. The van der Waals surface area contributed by atoms with E-state index in [2.05, 4.69) is 22.2 Å². The van der Waals surface area contributed by atoms with Crippen LogP contribution in [0.4, 0.5) is 11.8 Å². The van der Waals surface area contributed by atoms with Gasteiger partial charge in [0.2, 0.25) is 5.95 Å². The van der Waals surface area contributed by atoms with Gasteiger partial charge in [0.1, 0.15) is 5.82 Å². The number of rotatable bonds is 4. The Hall–Kier alpha value is -1.32. The minimum absolute atomic E-state index is 0.761. The van der Waals surface area contributed by atoms with Gasteiger partial charge in [-0.15, -0.1) is 0 Å². The second-order valence-corrected chi connectivity index (χ2v) is 5.66. The summed E-state index contributed by atoms with van der Waals surface area (Å²) in [7, 11) is 3.92. The molecule has 0 amide bonds. The largest absolute Gasteiger partial charge is 0.370 e. The lowest BCUT2D eigenvalue weighted by Crippen LogP contribution is -2.21. The summed E-state index contributed by atoms with van der Waals surface area (Å²) in [6, 6.07) is 1.94. The fourth-order valence-corrected chi connectivity index (χ4v) is 2.66. The summed E-state index contributed by atoms with van der Waals surface area (Å²) in [5.74, 6) is 3.38. The van der Waals surface area contributed by atoms with Gasteiger partial charge in [0.15, 0.2) is 0 Å². The molecule has 1 fully saturated rings. The average molecular weight is 248 g/mol. The van der Waals surface area contributed by atoms with Crippen LogP contribution in [0.2, 0.25) is 0 Å². The molecule has 1 heterocycles. The van der Waals surface area contributed by atoms with Crippen LogP contribution in [-0.2, 0) is 0 Å². The topological polar surface area (TPSA) is 41.1 Å². The predicted octanol–water partition coefficient (Wildman–Crippen LogP) is 2.78. The monoisotopic (exact) mass is 248 g/mol. The van der Waals surface area contributed by atoms with E-state index in [1.54, 1.807) is 0 Å². The molecule has 0 saturated heterocycles. The van der Waals surface area contributed by atoms with E-state index in [-0.39, 0.29) is 0 Å². The Balaban J connectivity index is 1.87. The lowest BCUT2D eigenvalue weighted by molar-refractivity contribution is 0.293. The van der Waals surface area contributed by atoms with Gasteiger partial charge in [-0.05, 0) is 30.7 Å². The second kappa shape index (κ2) is 6.03. The highest BCUT2D eigenvalue weighted by molar-refractivity contribution is 5.40. The van der Waals surface area contributed by atoms with Gasteiger partial charge in [0.05, 0.1) is 0 Å². The molecule has 0 aliphatic heterocycles. The van der Waals surface area contributed by atoms with E-state index < -0.39 is 0 Å². The summed E-state index contributed by atoms with van der Waals surface area (Å²) >= 11 is 0. The highest BCUT2D eigenvalue weighted by atomic mass is 15.2. The molecule has 1 aromatic rings. The van der Waals surface area contributed by atoms with Crippen molar-refractivity contribution in [1.82, 2.24) is 9.97 Å². The standard InChI is InChI=1S/C14H24N4/c1-11-5-4-6-12(9-11)10-16-13-7-8-15-14(17-13)18(2)3/h7-8,11-12H,4-6,9-10H2,1-3H3,(H,15,16,17). The summed E-state index contributed by atoms with van der Waals surface area (Å²) < 4.78 is 0. The quantitative estimate of drug-likeness (QED) is 0.889. The van der Waals surface area contributed by atoms with E-state index in [0.717, 1.165) is 30.1 Å². The summed E-state index contributed by atoms with van der Waals surface area (Å²) in [5.41, 5.74) is 0. The molecule has 0 aromatic carbocycles. The molecule has 0 bridgehead atoms. The van der Waals surface area contributed by atoms with Crippen molar-refractivity contribution < 1.29 is 0 Å². The lowest BCUT2D eigenvalue weighted by atomic mass is 9.82. The van der Waals surface area contributed by atoms with E-state index in [1.807, 2.05) is 31.3 Å². The van der Waals surface area contributed by atoms with E-state index in [0.29, 0.717) is 0 Å². The Morgan fingerprint density at radius 2 is 2.22 bits per heavy atom. The minimum atomic E-state index is 0.761. The number of hydrogen-bond donors (Lipinski definition) is 1. The fraction of sp³-hybridized carbons (Fsp3) is 0.714. The van der Waals surface area contributed by atoms with Gasteiger partial charge in [0, 0.05) is 26.8 Å². The van der Waals surface area contributed by atoms with E-state index in [9.17, 15) is 0 Å². The minimum Gasteiger partial charge on any atom is -0.370 e. The first-order valence-electron chi connectivity index (χ1n) is 6.89. The van der Waals surface area contributed by atoms with Gasteiger partial charge in [0.25, 0.3) is 0 Å². The van der Waals surface area contributed by atoms with Crippen molar-refractivity contribution in [2.24, 2.45) is 11.8 Å². The zero-order valence-corrected chi connectivity index (χ0v) is 11.7. The first-order valence-corrected chi connectivity index (χ1v) is 6.89. The van der Waals surface area contributed by atoms with Crippen LogP contribution in [0.25, 0.3) is 0 Å². The van der Waals surface area contributed by atoms with Crippen LogP contribution in [0.5, 0.6) is 0 Å². The van der Waals surface area contributed by atoms with Gasteiger partial charge in [-0.1, -0.05) is 19.8 Å². The second-order valence-electron chi connectivity index (χ2n) is 5.66. The van der Waals surface area contributed by atoms with Gasteiger partial charge < -0.3 is 10.2 Å². The third kappa shape index (κ3) is 3.59. The molecule has 1 aliphatic rings. The van der Waals surface area contributed by atoms with Crippen molar-refractivity contribution in [2.75, 3.05) is 30.9 Å². The fourth-order valence-electron chi connectivity index (χ4n) is 2.66. The van der Waals surface area contributed by atoms with Crippen LogP contribution < -0.4 is 10.2 Å². The molecule has 1 N–H and O–H groups in total. The Bertz CT molecular complexity index is 378. The summed E-state index contributed by atoms with van der Waals surface area (Å²) in [4.78, 5) is 10.6. The number of hydrogen-bond acceptors (Lipinski definition) is 4. The van der Waals surface area contributed by atoms with Crippen molar-refractivity contribution in [1.29, 1.82) is 0 Å². The Kier molecular flexibility index (Phi) is 4.39. The predicted molar refractivity (Wildman–Crippen MR) is 76.0 cm³/mol. The first-order chi connectivity index (χ1) is 8.65.